The molecule has 0 saturated heterocycles. The number of aromatic nitrogens is 1. The highest BCUT2D eigenvalue weighted by atomic mass is 32.1. The highest BCUT2D eigenvalue weighted by molar-refractivity contribution is 7.80. The summed E-state index contributed by atoms with van der Waals surface area (Å²) in [5.74, 6) is 1.49. The molecule has 0 spiro atoms. The molecule has 0 amide bonds. The number of hydrogen-bond donors (Lipinski definition) is 2. The topological polar surface area (TPSA) is 69.8 Å². The lowest BCUT2D eigenvalue weighted by atomic mass is 10.1. The number of hydrogen-bond acceptors (Lipinski definition) is 5. The number of anilines is 1. The zero-order valence-corrected chi connectivity index (χ0v) is 20.5. The molecule has 0 atom stereocenters. The van der Waals surface area contributed by atoms with E-state index in [4.69, 9.17) is 21.7 Å². The Morgan fingerprint density at radius 3 is 2.64 bits per heavy atom. The maximum atomic E-state index is 12.8. The number of benzene rings is 2. The average molecular weight is 469 g/mol. The first-order valence-electron chi connectivity index (χ1n) is 11.0. The second-order valence-corrected chi connectivity index (χ2v) is 8.40. The molecule has 33 heavy (non-hydrogen) atoms. The summed E-state index contributed by atoms with van der Waals surface area (Å²) in [7, 11) is 5.71. The second-order valence-electron chi connectivity index (χ2n) is 8.01. The van der Waals surface area contributed by atoms with Crippen molar-refractivity contribution in [2.75, 3.05) is 46.2 Å². The third kappa shape index (κ3) is 6.69. The lowest BCUT2D eigenvalue weighted by Crippen LogP contribution is -2.37. The van der Waals surface area contributed by atoms with Gasteiger partial charge in [-0.05, 0) is 82.6 Å². The maximum Gasteiger partial charge on any atom is 0.253 e. The highest BCUT2D eigenvalue weighted by Gasteiger charge is 2.15. The molecular weight excluding hydrogens is 436 g/mol. The molecule has 176 valence electrons. The van der Waals surface area contributed by atoms with E-state index in [0.717, 1.165) is 41.1 Å². The van der Waals surface area contributed by atoms with Gasteiger partial charge < -0.3 is 29.6 Å². The number of nitrogens with zero attached hydrogens (tertiary/aromatic N) is 2. The maximum absolute atomic E-state index is 12.8. The Kier molecular flexibility index (Phi) is 8.68. The van der Waals surface area contributed by atoms with Gasteiger partial charge in [0, 0.05) is 23.0 Å². The first-order valence-corrected chi connectivity index (χ1v) is 11.4. The molecule has 0 radical (unpaired) electrons. The third-order valence-corrected chi connectivity index (χ3v) is 5.60. The number of fused-ring (bicyclic) bond motifs is 1. The Morgan fingerprint density at radius 1 is 1.12 bits per heavy atom. The summed E-state index contributed by atoms with van der Waals surface area (Å²) in [6.07, 6.45) is 0.904. The molecular formula is C25H32N4O3S. The van der Waals surface area contributed by atoms with E-state index in [2.05, 4.69) is 15.2 Å². The number of methoxy groups -OCH3 is 1. The summed E-state index contributed by atoms with van der Waals surface area (Å²) in [6.45, 7) is 4.52. The zero-order valence-electron chi connectivity index (χ0n) is 19.7. The quantitative estimate of drug-likeness (QED) is 0.435. The minimum atomic E-state index is -0.122. The van der Waals surface area contributed by atoms with Crippen molar-refractivity contribution < 1.29 is 9.47 Å². The minimum absolute atomic E-state index is 0.122. The fraction of sp³-hybridized carbons (Fsp3) is 0.360. The number of H-pyrrole nitrogens is 1. The van der Waals surface area contributed by atoms with E-state index < -0.39 is 0 Å². The normalized spacial score (nSPS) is 10.9. The summed E-state index contributed by atoms with van der Waals surface area (Å²) in [5, 5.41) is 4.78. The first-order chi connectivity index (χ1) is 15.9. The van der Waals surface area contributed by atoms with Gasteiger partial charge in [0.05, 0.1) is 25.9 Å². The second kappa shape index (κ2) is 11.7. The Bertz CT molecular complexity index is 1150. The number of aromatic amines is 1. The van der Waals surface area contributed by atoms with E-state index in [9.17, 15) is 4.79 Å². The van der Waals surface area contributed by atoms with Crippen LogP contribution in [0.25, 0.3) is 10.9 Å². The molecule has 1 aromatic heterocycles. The summed E-state index contributed by atoms with van der Waals surface area (Å²) in [4.78, 5) is 20.0. The molecule has 0 bridgehead atoms. The molecule has 3 rings (SSSR count). The smallest absolute Gasteiger partial charge is 0.253 e. The summed E-state index contributed by atoms with van der Waals surface area (Å²) in [6, 6.07) is 15.2. The van der Waals surface area contributed by atoms with E-state index in [-0.39, 0.29) is 5.56 Å². The van der Waals surface area contributed by atoms with Crippen LogP contribution in [0.3, 0.4) is 0 Å². The zero-order chi connectivity index (χ0) is 23.8. The predicted molar refractivity (Wildman–Crippen MR) is 139 cm³/mol. The molecule has 0 fully saturated rings. The monoisotopic (exact) mass is 468 g/mol. The number of rotatable bonds is 10. The van der Waals surface area contributed by atoms with Gasteiger partial charge in [-0.25, -0.2) is 0 Å². The largest absolute Gasteiger partial charge is 0.497 e. The van der Waals surface area contributed by atoms with Crippen molar-refractivity contribution in [3.63, 3.8) is 0 Å². The van der Waals surface area contributed by atoms with Crippen LogP contribution < -0.4 is 20.3 Å². The number of pyridine rings is 1. The number of thiocarbonyl (C=S) groups is 1. The lowest BCUT2D eigenvalue weighted by molar-refractivity contribution is 0.340. The first kappa shape index (κ1) is 24.5. The Balaban J connectivity index is 1.86. The molecule has 0 saturated carbocycles. The molecule has 0 unspecified atom stereocenters. The molecule has 1 heterocycles. The van der Waals surface area contributed by atoms with Crippen molar-refractivity contribution in [1.29, 1.82) is 0 Å². The van der Waals surface area contributed by atoms with Crippen molar-refractivity contribution in [2.24, 2.45) is 0 Å². The Hall–Kier alpha value is -3.10. The molecule has 8 heteroatoms. The van der Waals surface area contributed by atoms with Gasteiger partial charge >= 0.3 is 0 Å². The van der Waals surface area contributed by atoms with Crippen LogP contribution in [0.4, 0.5) is 5.69 Å². The Morgan fingerprint density at radius 2 is 1.91 bits per heavy atom. The van der Waals surface area contributed by atoms with Crippen molar-refractivity contribution in [2.45, 2.75) is 19.9 Å². The average Bonchev–Trinajstić information content (AvgIpc) is 2.79. The lowest BCUT2D eigenvalue weighted by Gasteiger charge is -2.27. The van der Waals surface area contributed by atoms with Gasteiger partial charge in [0.25, 0.3) is 5.56 Å². The van der Waals surface area contributed by atoms with Crippen LogP contribution in [0.2, 0.25) is 0 Å². The predicted octanol–water partition coefficient (Wildman–Crippen LogP) is 4.09. The van der Waals surface area contributed by atoms with Crippen LogP contribution in [-0.2, 0) is 6.54 Å². The van der Waals surface area contributed by atoms with Gasteiger partial charge in [-0.15, -0.1) is 0 Å². The molecule has 0 aliphatic heterocycles. The molecule has 0 aliphatic carbocycles. The SMILES string of the molecule is CCOc1ccccc1NC(=S)N(CCCN(C)C)Cc1cc2cc(OC)ccc2[nH]c1=O. The van der Waals surface area contributed by atoms with Crippen LogP contribution in [0.15, 0.2) is 53.3 Å². The molecule has 2 N–H and O–H groups in total. The third-order valence-electron chi connectivity index (χ3n) is 5.24. The fourth-order valence-electron chi connectivity index (χ4n) is 3.56. The molecule has 2 aromatic carbocycles. The Labute approximate surface area is 200 Å². The van der Waals surface area contributed by atoms with Crippen molar-refractivity contribution in [3.05, 3.63) is 64.4 Å². The van der Waals surface area contributed by atoms with Crippen LogP contribution >= 0.6 is 12.2 Å². The molecule has 3 aromatic rings. The minimum Gasteiger partial charge on any atom is -0.497 e. The van der Waals surface area contributed by atoms with E-state index in [0.29, 0.717) is 30.4 Å². The van der Waals surface area contributed by atoms with Gasteiger partial charge in [-0.1, -0.05) is 12.1 Å². The van der Waals surface area contributed by atoms with Crippen molar-refractivity contribution in [3.8, 4) is 11.5 Å². The number of para-hydroxylation sites is 2. The van der Waals surface area contributed by atoms with Crippen LogP contribution in [-0.4, -0.2) is 60.8 Å². The van der Waals surface area contributed by atoms with Crippen LogP contribution in [0.5, 0.6) is 11.5 Å². The summed E-state index contributed by atoms with van der Waals surface area (Å²) < 4.78 is 11.1. The van der Waals surface area contributed by atoms with E-state index in [1.54, 1.807) is 7.11 Å². The highest BCUT2D eigenvalue weighted by Crippen LogP contribution is 2.24. The van der Waals surface area contributed by atoms with Gasteiger partial charge in [0.15, 0.2) is 5.11 Å². The van der Waals surface area contributed by atoms with Crippen LogP contribution in [0, 0.1) is 0 Å². The molecule has 7 nitrogen and oxygen atoms in total. The van der Waals surface area contributed by atoms with Crippen molar-refractivity contribution >= 4 is 33.9 Å². The van der Waals surface area contributed by atoms with Gasteiger partial charge in [-0.2, -0.15) is 0 Å². The van der Waals surface area contributed by atoms with Crippen molar-refractivity contribution in [1.82, 2.24) is 14.8 Å². The fourth-order valence-corrected chi connectivity index (χ4v) is 3.82. The van der Waals surface area contributed by atoms with Crippen LogP contribution in [0.1, 0.15) is 18.9 Å². The van der Waals surface area contributed by atoms with Gasteiger partial charge in [0.2, 0.25) is 0 Å². The number of nitrogens with one attached hydrogen (secondary N) is 2. The number of ether oxygens (including phenoxy) is 2. The molecule has 0 aliphatic rings. The van der Waals surface area contributed by atoms with E-state index in [1.807, 2.05) is 74.4 Å². The van der Waals surface area contributed by atoms with E-state index in [1.165, 1.54) is 0 Å². The van der Waals surface area contributed by atoms with Gasteiger partial charge in [0.1, 0.15) is 11.5 Å². The van der Waals surface area contributed by atoms with E-state index >= 15 is 0 Å². The van der Waals surface area contributed by atoms with Gasteiger partial charge in [-0.3, -0.25) is 4.79 Å². The summed E-state index contributed by atoms with van der Waals surface area (Å²) in [5.41, 5.74) is 2.10. The summed E-state index contributed by atoms with van der Waals surface area (Å²) >= 11 is 5.77. The standard InChI is InChI=1S/C25H32N4O3S/c1-5-32-23-10-7-6-9-22(23)27-25(33)29(14-8-13-28(2)3)17-19-15-18-16-20(31-4)11-12-21(18)26-24(19)30/h6-7,9-12,15-16H,5,8,13-14,17H2,1-4H3,(H,26,30)(H,27,33).